The van der Waals surface area contributed by atoms with Crippen LogP contribution in [0.3, 0.4) is 0 Å². The summed E-state index contributed by atoms with van der Waals surface area (Å²) in [6.45, 7) is -1.27. The Bertz CT molecular complexity index is 851. The monoisotopic (exact) mass is 417 g/mol. The third kappa shape index (κ3) is 6.17. The van der Waals surface area contributed by atoms with Crippen molar-refractivity contribution in [2.45, 2.75) is 32.3 Å². The third-order valence-electron chi connectivity index (χ3n) is 4.88. The zero-order chi connectivity index (χ0) is 21.3. The maximum absolute atomic E-state index is 12.5. The van der Waals surface area contributed by atoms with E-state index in [1.54, 1.807) is 0 Å². The molecule has 1 aliphatic heterocycles. The summed E-state index contributed by atoms with van der Waals surface area (Å²) in [4.78, 5) is 26.7. The molecule has 3 rings (SSSR count). The van der Waals surface area contributed by atoms with E-state index in [2.05, 4.69) is 20.3 Å². The lowest BCUT2D eigenvalue weighted by molar-refractivity contribution is -0.115. The van der Waals surface area contributed by atoms with Crippen molar-refractivity contribution in [3.05, 3.63) is 54.1 Å². The van der Waals surface area contributed by atoms with Gasteiger partial charge in [0.2, 0.25) is 5.91 Å². The topological polar surface area (TPSA) is 70.7 Å². The van der Waals surface area contributed by atoms with Gasteiger partial charge < -0.3 is 20.3 Å². The van der Waals surface area contributed by atoms with Gasteiger partial charge >= 0.3 is 6.61 Å². The number of ether oxygens (including phenoxy) is 1. The molecule has 0 atom stereocenters. The molecule has 0 bridgehead atoms. The van der Waals surface area contributed by atoms with Gasteiger partial charge in [0.25, 0.3) is 5.91 Å². The Balaban J connectivity index is 1.51. The van der Waals surface area contributed by atoms with Crippen molar-refractivity contribution in [3.8, 4) is 5.75 Å². The van der Waals surface area contributed by atoms with E-state index < -0.39 is 18.4 Å². The highest BCUT2D eigenvalue weighted by atomic mass is 19.3. The Morgan fingerprint density at radius 2 is 1.63 bits per heavy atom. The fourth-order valence-corrected chi connectivity index (χ4v) is 3.40. The third-order valence-corrected chi connectivity index (χ3v) is 4.88. The molecule has 6 nitrogen and oxygen atoms in total. The Kier molecular flexibility index (Phi) is 7.59. The predicted octanol–water partition coefficient (Wildman–Crippen LogP) is 4.04. The van der Waals surface area contributed by atoms with E-state index in [4.69, 9.17) is 0 Å². The minimum atomic E-state index is -3.04. The molecule has 0 spiro atoms. The standard InChI is InChI=1S/C22H25F2N3O3/c23-22(24)30-19-8-4-3-7-18(19)21(29)25-15-20(28)26-16-9-11-17(12-10-16)27-13-5-1-2-6-14-27/h3-4,7-12,22H,1-2,5-6,13-15H2,(H,25,29)(H,26,28). The normalized spacial score (nSPS) is 14.2. The molecule has 8 heteroatoms. The molecule has 0 aromatic heterocycles. The van der Waals surface area contributed by atoms with Crippen LogP contribution < -0.4 is 20.3 Å². The van der Waals surface area contributed by atoms with Gasteiger partial charge in [-0.25, -0.2) is 0 Å². The first kappa shape index (κ1) is 21.5. The van der Waals surface area contributed by atoms with Gasteiger partial charge in [-0.15, -0.1) is 0 Å². The SMILES string of the molecule is O=C(CNC(=O)c1ccccc1OC(F)F)Nc1ccc(N2CCCCCC2)cc1. The number of carbonyl (C=O) groups excluding carboxylic acids is 2. The van der Waals surface area contributed by atoms with Crippen molar-refractivity contribution < 1.29 is 23.1 Å². The molecule has 2 N–H and O–H groups in total. The van der Waals surface area contributed by atoms with Gasteiger partial charge in [0, 0.05) is 24.5 Å². The van der Waals surface area contributed by atoms with Crippen LogP contribution in [0.15, 0.2) is 48.5 Å². The number of hydrogen-bond donors (Lipinski definition) is 2. The van der Waals surface area contributed by atoms with Crippen LogP contribution in [-0.2, 0) is 4.79 Å². The Labute approximate surface area is 174 Å². The maximum atomic E-state index is 12.5. The van der Waals surface area contributed by atoms with Crippen LogP contribution in [0.25, 0.3) is 0 Å². The molecule has 1 fully saturated rings. The van der Waals surface area contributed by atoms with Crippen molar-refractivity contribution in [3.63, 3.8) is 0 Å². The maximum Gasteiger partial charge on any atom is 0.387 e. The number of nitrogens with one attached hydrogen (secondary N) is 2. The second-order valence-corrected chi connectivity index (χ2v) is 7.05. The van der Waals surface area contributed by atoms with E-state index in [0.29, 0.717) is 5.69 Å². The molecular formula is C22H25F2N3O3. The summed E-state index contributed by atoms with van der Waals surface area (Å²) in [5.74, 6) is -1.33. The first-order valence-electron chi connectivity index (χ1n) is 10.00. The van der Waals surface area contributed by atoms with Crippen molar-refractivity contribution in [1.29, 1.82) is 0 Å². The smallest absolute Gasteiger partial charge is 0.387 e. The zero-order valence-corrected chi connectivity index (χ0v) is 16.6. The highest BCUT2D eigenvalue weighted by Crippen LogP contribution is 2.22. The van der Waals surface area contributed by atoms with E-state index in [-0.39, 0.29) is 17.9 Å². The van der Waals surface area contributed by atoms with E-state index in [1.807, 2.05) is 24.3 Å². The van der Waals surface area contributed by atoms with Crippen LogP contribution >= 0.6 is 0 Å². The summed E-state index contributed by atoms with van der Waals surface area (Å²) >= 11 is 0. The summed E-state index contributed by atoms with van der Waals surface area (Å²) in [6.07, 6.45) is 4.89. The summed E-state index contributed by atoms with van der Waals surface area (Å²) in [6, 6.07) is 13.2. The zero-order valence-electron chi connectivity index (χ0n) is 16.6. The summed E-state index contributed by atoms with van der Waals surface area (Å²) in [5, 5.41) is 5.13. The number of benzene rings is 2. The van der Waals surface area contributed by atoms with Crippen molar-refractivity contribution in [1.82, 2.24) is 5.32 Å². The van der Waals surface area contributed by atoms with Gasteiger partial charge in [-0.05, 0) is 49.2 Å². The largest absolute Gasteiger partial charge is 0.434 e. The number of rotatable bonds is 7. The predicted molar refractivity (Wildman–Crippen MR) is 111 cm³/mol. The van der Waals surface area contributed by atoms with Crippen LogP contribution in [0.1, 0.15) is 36.0 Å². The van der Waals surface area contributed by atoms with Crippen LogP contribution in [0.5, 0.6) is 5.75 Å². The van der Waals surface area contributed by atoms with E-state index in [9.17, 15) is 18.4 Å². The fraction of sp³-hybridized carbons (Fsp3) is 0.364. The number of amides is 2. The number of alkyl halides is 2. The molecule has 160 valence electrons. The van der Waals surface area contributed by atoms with Gasteiger partial charge in [0.1, 0.15) is 5.75 Å². The molecular weight excluding hydrogens is 392 g/mol. The molecule has 0 aliphatic carbocycles. The molecule has 1 heterocycles. The van der Waals surface area contributed by atoms with Crippen molar-refractivity contribution >= 4 is 23.2 Å². The molecule has 30 heavy (non-hydrogen) atoms. The summed E-state index contributed by atoms with van der Waals surface area (Å²) < 4.78 is 29.3. The number of halogens is 2. The summed E-state index contributed by atoms with van der Waals surface area (Å²) in [7, 11) is 0. The highest BCUT2D eigenvalue weighted by molar-refractivity contribution is 6.00. The van der Waals surface area contributed by atoms with Gasteiger partial charge in [-0.1, -0.05) is 25.0 Å². The Morgan fingerprint density at radius 1 is 0.967 bits per heavy atom. The van der Waals surface area contributed by atoms with Gasteiger partial charge in [0.05, 0.1) is 12.1 Å². The molecule has 2 amide bonds. The minimum absolute atomic E-state index is 0.0626. The lowest BCUT2D eigenvalue weighted by Gasteiger charge is -2.22. The van der Waals surface area contributed by atoms with E-state index >= 15 is 0 Å². The quantitative estimate of drug-likeness (QED) is 0.714. The van der Waals surface area contributed by atoms with Gasteiger partial charge in [0.15, 0.2) is 0 Å². The Hall–Kier alpha value is -3.16. The molecule has 2 aromatic rings. The average Bonchev–Trinajstić information content (AvgIpc) is 3.02. The van der Waals surface area contributed by atoms with E-state index in [0.717, 1.165) is 18.8 Å². The first-order chi connectivity index (χ1) is 14.5. The minimum Gasteiger partial charge on any atom is -0.434 e. The second-order valence-electron chi connectivity index (χ2n) is 7.05. The number of hydrogen-bond acceptors (Lipinski definition) is 4. The van der Waals surface area contributed by atoms with Gasteiger partial charge in [-0.3, -0.25) is 9.59 Å². The number of carbonyl (C=O) groups is 2. The highest BCUT2D eigenvalue weighted by Gasteiger charge is 2.16. The van der Waals surface area contributed by atoms with Crippen LogP contribution in [-0.4, -0.2) is 38.1 Å². The number of nitrogens with zero attached hydrogens (tertiary/aromatic N) is 1. The van der Waals surface area contributed by atoms with Crippen LogP contribution in [0, 0.1) is 0 Å². The lowest BCUT2D eigenvalue weighted by atomic mass is 10.2. The Morgan fingerprint density at radius 3 is 2.30 bits per heavy atom. The van der Waals surface area contributed by atoms with Crippen LogP contribution in [0.2, 0.25) is 0 Å². The van der Waals surface area contributed by atoms with Gasteiger partial charge in [-0.2, -0.15) is 8.78 Å². The molecule has 1 saturated heterocycles. The molecule has 1 aliphatic rings. The van der Waals surface area contributed by atoms with E-state index in [1.165, 1.54) is 49.9 Å². The van der Waals surface area contributed by atoms with Crippen molar-refractivity contribution in [2.75, 3.05) is 29.9 Å². The molecule has 2 aromatic carbocycles. The molecule has 0 saturated carbocycles. The lowest BCUT2D eigenvalue weighted by Crippen LogP contribution is -2.33. The second kappa shape index (κ2) is 10.6. The molecule has 0 unspecified atom stereocenters. The molecule has 0 radical (unpaired) electrons. The van der Waals surface area contributed by atoms with Crippen LogP contribution in [0.4, 0.5) is 20.2 Å². The van der Waals surface area contributed by atoms with Crippen molar-refractivity contribution in [2.24, 2.45) is 0 Å². The number of anilines is 2. The first-order valence-corrected chi connectivity index (χ1v) is 10.00. The summed E-state index contributed by atoms with van der Waals surface area (Å²) in [5.41, 5.74) is 1.68. The number of para-hydroxylation sites is 1. The average molecular weight is 417 g/mol. The fourth-order valence-electron chi connectivity index (χ4n) is 3.40.